The molecule has 0 spiro atoms. The Labute approximate surface area is 180 Å². The Morgan fingerprint density at radius 1 is 1.10 bits per heavy atom. The van der Waals surface area contributed by atoms with Crippen LogP contribution in [0.2, 0.25) is 0 Å². The number of benzene rings is 2. The lowest BCUT2D eigenvalue weighted by atomic mass is 10.1. The van der Waals surface area contributed by atoms with Gasteiger partial charge in [-0.05, 0) is 55.2 Å². The molecular weight excluding hydrogens is 398 g/mol. The maximum absolute atomic E-state index is 12.2. The summed E-state index contributed by atoms with van der Waals surface area (Å²) < 4.78 is 16.1. The first-order chi connectivity index (χ1) is 14.7. The second kappa shape index (κ2) is 9.47. The Morgan fingerprint density at radius 3 is 2.61 bits per heavy atom. The molecule has 1 aromatic heterocycles. The maximum atomic E-state index is 12.2. The Bertz CT molecular complexity index is 1180. The van der Waals surface area contributed by atoms with Crippen LogP contribution < -0.4 is 20.4 Å². The van der Waals surface area contributed by atoms with Gasteiger partial charge >= 0.3 is 11.6 Å². The maximum Gasteiger partial charge on any atom is 0.349 e. The van der Waals surface area contributed by atoms with E-state index >= 15 is 0 Å². The van der Waals surface area contributed by atoms with Crippen LogP contribution in [0.1, 0.15) is 35.3 Å². The summed E-state index contributed by atoms with van der Waals surface area (Å²) in [5.74, 6) is 0.00943. The Hall–Kier alpha value is -3.61. The molecule has 1 heterocycles. The van der Waals surface area contributed by atoms with E-state index in [4.69, 9.17) is 13.9 Å². The molecule has 162 valence electrons. The van der Waals surface area contributed by atoms with E-state index in [1.165, 1.54) is 12.1 Å². The van der Waals surface area contributed by atoms with E-state index in [2.05, 4.69) is 5.32 Å². The lowest BCUT2D eigenvalue weighted by molar-refractivity contribution is -0.136. The normalized spacial score (nSPS) is 10.9. The molecule has 0 fully saturated rings. The van der Waals surface area contributed by atoms with Crippen molar-refractivity contribution in [1.29, 1.82) is 0 Å². The van der Waals surface area contributed by atoms with Crippen molar-refractivity contribution in [2.45, 2.75) is 27.7 Å². The number of esters is 1. The number of aryl methyl sites for hydroxylation is 1. The average molecular weight is 423 g/mol. The summed E-state index contributed by atoms with van der Waals surface area (Å²) in [6.07, 6.45) is 0. The van der Waals surface area contributed by atoms with Crippen LogP contribution in [0, 0.1) is 19.8 Å². The first kappa shape index (κ1) is 22.1. The van der Waals surface area contributed by atoms with Crippen LogP contribution in [0.15, 0.2) is 51.7 Å². The van der Waals surface area contributed by atoms with Crippen molar-refractivity contribution in [2.24, 2.45) is 5.92 Å². The fourth-order valence-electron chi connectivity index (χ4n) is 2.88. The lowest BCUT2D eigenvalue weighted by Crippen LogP contribution is -2.31. The molecule has 0 unspecified atom stereocenters. The first-order valence-corrected chi connectivity index (χ1v) is 10.0. The molecule has 7 heteroatoms. The van der Waals surface area contributed by atoms with Gasteiger partial charge in [0.1, 0.15) is 22.6 Å². The SMILES string of the molecule is Cc1cccc(OCC(=O)Oc2ccc3cc(C(=O)NCC(C)C)c(=O)oc3c2)c1C. The molecule has 0 atom stereocenters. The quantitative estimate of drug-likeness (QED) is 0.353. The molecule has 0 radical (unpaired) electrons. The first-order valence-electron chi connectivity index (χ1n) is 10.0. The molecule has 31 heavy (non-hydrogen) atoms. The van der Waals surface area contributed by atoms with Gasteiger partial charge in [0.15, 0.2) is 6.61 Å². The van der Waals surface area contributed by atoms with Gasteiger partial charge in [-0.2, -0.15) is 0 Å². The third-order valence-electron chi connectivity index (χ3n) is 4.76. The Balaban J connectivity index is 1.70. The van der Waals surface area contributed by atoms with Crippen molar-refractivity contribution in [3.63, 3.8) is 0 Å². The van der Waals surface area contributed by atoms with E-state index in [1.807, 2.05) is 39.8 Å². The van der Waals surface area contributed by atoms with E-state index in [9.17, 15) is 14.4 Å². The molecule has 7 nitrogen and oxygen atoms in total. The number of hydrogen-bond donors (Lipinski definition) is 1. The van der Waals surface area contributed by atoms with Crippen LogP contribution in [0.4, 0.5) is 0 Å². The van der Waals surface area contributed by atoms with Crippen molar-refractivity contribution in [2.75, 3.05) is 13.2 Å². The highest BCUT2D eigenvalue weighted by atomic mass is 16.6. The molecule has 0 saturated carbocycles. The number of amides is 1. The summed E-state index contributed by atoms with van der Waals surface area (Å²) in [7, 11) is 0. The minimum Gasteiger partial charge on any atom is -0.482 e. The molecule has 0 aliphatic heterocycles. The predicted molar refractivity (Wildman–Crippen MR) is 117 cm³/mol. The summed E-state index contributed by atoms with van der Waals surface area (Å²) in [6, 6.07) is 11.7. The zero-order valence-corrected chi connectivity index (χ0v) is 18.0. The second-order valence-electron chi connectivity index (χ2n) is 7.71. The Kier molecular flexibility index (Phi) is 6.74. The molecule has 1 N–H and O–H groups in total. The highest BCUT2D eigenvalue weighted by molar-refractivity contribution is 5.96. The lowest BCUT2D eigenvalue weighted by Gasteiger charge is -2.11. The number of rotatable bonds is 7. The Morgan fingerprint density at radius 2 is 1.87 bits per heavy atom. The molecule has 0 aliphatic carbocycles. The van der Waals surface area contributed by atoms with Gasteiger partial charge in [-0.3, -0.25) is 4.79 Å². The largest absolute Gasteiger partial charge is 0.482 e. The summed E-state index contributed by atoms with van der Waals surface area (Å²) in [5, 5.41) is 3.24. The van der Waals surface area contributed by atoms with Crippen molar-refractivity contribution in [1.82, 2.24) is 5.32 Å². The van der Waals surface area contributed by atoms with Crippen LogP contribution in [-0.2, 0) is 4.79 Å². The highest BCUT2D eigenvalue weighted by Crippen LogP contribution is 2.22. The monoisotopic (exact) mass is 423 g/mol. The highest BCUT2D eigenvalue weighted by Gasteiger charge is 2.15. The van der Waals surface area contributed by atoms with Gasteiger partial charge in [-0.15, -0.1) is 0 Å². The van der Waals surface area contributed by atoms with Crippen molar-refractivity contribution >= 4 is 22.8 Å². The minimum atomic E-state index is -0.754. The zero-order valence-electron chi connectivity index (χ0n) is 18.0. The molecule has 1 amide bonds. The third-order valence-corrected chi connectivity index (χ3v) is 4.76. The van der Waals surface area contributed by atoms with Gasteiger partial charge in [0, 0.05) is 18.0 Å². The number of carbonyl (C=O) groups is 2. The molecule has 2 aromatic carbocycles. The molecular formula is C24H25NO6. The molecule has 0 aliphatic rings. The van der Waals surface area contributed by atoms with Crippen LogP contribution >= 0.6 is 0 Å². The van der Waals surface area contributed by atoms with Crippen molar-refractivity contribution in [3.8, 4) is 11.5 Å². The third kappa shape index (κ3) is 5.51. The molecule has 0 bridgehead atoms. The van der Waals surface area contributed by atoms with Gasteiger partial charge in [-0.25, -0.2) is 9.59 Å². The minimum absolute atomic E-state index is 0.0696. The van der Waals surface area contributed by atoms with Crippen LogP contribution in [0.25, 0.3) is 11.0 Å². The van der Waals surface area contributed by atoms with E-state index in [0.29, 0.717) is 17.7 Å². The van der Waals surface area contributed by atoms with Gasteiger partial charge < -0.3 is 19.2 Å². The van der Waals surface area contributed by atoms with Crippen LogP contribution in [0.5, 0.6) is 11.5 Å². The summed E-state index contributed by atoms with van der Waals surface area (Å²) in [6.45, 7) is 7.98. The van der Waals surface area contributed by atoms with Crippen molar-refractivity contribution < 1.29 is 23.5 Å². The van der Waals surface area contributed by atoms with E-state index in [1.54, 1.807) is 18.2 Å². The van der Waals surface area contributed by atoms with E-state index in [-0.39, 0.29) is 29.4 Å². The zero-order chi connectivity index (χ0) is 22.5. The van der Waals surface area contributed by atoms with Gasteiger partial charge in [0.25, 0.3) is 5.91 Å². The van der Waals surface area contributed by atoms with Gasteiger partial charge in [0.05, 0.1) is 0 Å². The molecule has 3 rings (SSSR count). The topological polar surface area (TPSA) is 94.8 Å². The van der Waals surface area contributed by atoms with Gasteiger partial charge in [0.2, 0.25) is 0 Å². The number of ether oxygens (including phenoxy) is 2. The summed E-state index contributed by atoms with van der Waals surface area (Å²) in [4.78, 5) is 36.6. The van der Waals surface area contributed by atoms with Crippen molar-refractivity contribution in [3.05, 3.63) is 69.6 Å². The number of nitrogens with one attached hydrogen (secondary N) is 1. The number of hydrogen-bond acceptors (Lipinski definition) is 6. The van der Waals surface area contributed by atoms with Gasteiger partial charge in [-0.1, -0.05) is 26.0 Å². The fourth-order valence-corrected chi connectivity index (χ4v) is 2.88. The van der Waals surface area contributed by atoms with Crippen LogP contribution in [0.3, 0.4) is 0 Å². The fraction of sp³-hybridized carbons (Fsp3) is 0.292. The smallest absolute Gasteiger partial charge is 0.349 e. The predicted octanol–water partition coefficient (Wildman–Crippen LogP) is 3.78. The number of carbonyl (C=O) groups excluding carboxylic acids is 2. The average Bonchev–Trinajstić information content (AvgIpc) is 2.72. The van der Waals surface area contributed by atoms with E-state index in [0.717, 1.165) is 11.1 Å². The van der Waals surface area contributed by atoms with Crippen LogP contribution in [-0.4, -0.2) is 25.0 Å². The standard InChI is InChI=1S/C24H25NO6/c1-14(2)12-25-23(27)19-10-17-8-9-18(11-21(17)31-24(19)28)30-22(26)13-29-20-7-5-6-15(3)16(20)4/h5-11,14H,12-13H2,1-4H3,(H,25,27). The molecule has 0 saturated heterocycles. The number of fused-ring (bicyclic) bond motifs is 1. The summed E-state index contributed by atoms with van der Waals surface area (Å²) in [5.41, 5.74) is 1.41. The molecule has 3 aromatic rings. The van der Waals surface area contributed by atoms with E-state index < -0.39 is 17.5 Å². The summed E-state index contributed by atoms with van der Waals surface area (Å²) >= 11 is 0. The second-order valence-corrected chi connectivity index (χ2v) is 7.71.